The van der Waals surface area contributed by atoms with Gasteiger partial charge >= 0.3 is 0 Å². The Morgan fingerprint density at radius 3 is 2.41 bits per heavy atom. The number of carbonyl (C=O) groups excluding carboxylic acids is 1. The SMILES string of the molecule is CNCCC(=O)N1CCN(S(=O)(=O)c2c(C)noc2C)CC1. The van der Waals surface area contributed by atoms with Gasteiger partial charge in [0.25, 0.3) is 0 Å². The third-order valence-electron chi connectivity index (χ3n) is 3.75. The number of nitrogens with one attached hydrogen (secondary N) is 1. The summed E-state index contributed by atoms with van der Waals surface area (Å²) in [5.41, 5.74) is 0.366. The fourth-order valence-corrected chi connectivity index (χ4v) is 4.25. The topological polar surface area (TPSA) is 95.8 Å². The van der Waals surface area contributed by atoms with E-state index in [1.807, 2.05) is 0 Å². The summed E-state index contributed by atoms with van der Waals surface area (Å²) in [4.78, 5) is 13.8. The van der Waals surface area contributed by atoms with Gasteiger partial charge in [-0.15, -0.1) is 0 Å². The Hall–Kier alpha value is -1.45. The van der Waals surface area contributed by atoms with Crippen molar-refractivity contribution < 1.29 is 17.7 Å². The molecule has 1 aliphatic rings. The van der Waals surface area contributed by atoms with Gasteiger partial charge in [-0.25, -0.2) is 8.42 Å². The first-order valence-corrected chi connectivity index (χ1v) is 8.67. The number of carbonyl (C=O) groups is 1. The lowest BCUT2D eigenvalue weighted by molar-refractivity contribution is -0.132. The fraction of sp³-hybridized carbons (Fsp3) is 0.692. The second-order valence-electron chi connectivity index (χ2n) is 5.29. The molecule has 0 aromatic carbocycles. The number of rotatable bonds is 5. The Kier molecular flexibility index (Phi) is 5.20. The Balaban J connectivity index is 2.04. The van der Waals surface area contributed by atoms with Gasteiger partial charge in [0.15, 0.2) is 5.76 Å². The highest BCUT2D eigenvalue weighted by atomic mass is 32.2. The average Bonchev–Trinajstić information content (AvgIpc) is 2.84. The van der Waals surface area contributed by atoms with Gasteiger partial charge in [0, 0.05) is 39.1 Å². The predicted octanol–water partition coefficient (Wildman–Crippen LogP) is -0.266. The van der Waals surface area contributed by atoms with Gasteiger partial charge in [-0.1, -0.05) is 5.16 Å². The number of hydrogen-bond donors (Lipinski definition) is 1. The number of piperazine rings is 1. The molecular weight excluding hydrogens is 308 g/mol. The number of amides is 1. The number of sulfonamides is 1. The normalized spacial score (nSPS) is 17.0. The zero-order valence-electron chi connectivity index (χ0n) is 13.1. The van der Waals surface area contributed by atoms with Gasteiger partial charge < -0.3 is 14.7 Å². The molecule has 0 bridgehead atoms. The quantitative estimate of drug-likeness (QED) is 0.799. The first-order valence-electron chi connectivity index (χ1n) is 7.23. The van der Waals surface area contributed by atoms with Gasteiger partial charge in [0.1, 0.15) is 10.6 Å². The molecule has 8 nitrogen and oxygen atoms in total. The largest absolute Gasteiger partial charge is 0.360 e. The summed E-state index contributed by atoms with van der Waals surface area (Å²) < 4.78 is 31.6. The Labute approximate surface area is 130 Å². The minimum absolute atomic E-state index is 0.0451. The van der Waals surface area contributed by atoms with E-state index < -0.39 is 10.0 Å². The molecule has 1 aromatic heterocycles. The van der Waals surface area contributed by atoms with Crippen LogP contribution < -0.4 is 5.32 Å². The fourth-order valence-electron chi connectivity index (χ4n) is 2.54. The summed E-state index contributed by atoms with van der Waals surface area (Å²) >= 11 is 0. The van der Waals surface area contributed by atoms with E-state index in [1.165, 1.54) is 4.31 Å². The van der Waals surface area contributed by atoms with Crippen LogP contribution in [0.2, 0.25) is 0 Å². The third-order valence-corrected chi connectivity index (χ3v) is 5.89. The molecule has 1 fully saturated rings. The highest BCUT2D eigenvalue weighted by Gasteiger charge is 2.33. The molecule has 1 aliphatic heterocycles. The monoisotopic (exact) mass is 330 g/mol. The van der Waals surface area contributed by atoms with Crippen molar-refractivity contribution in [3.63, 3.8) is 0 Å². The lowest BCUT2D eigenvalue weighted by Crippen LogP contribution is -2.50. The molecule has 2 rings (SSSR count). The van der Waals surface area contributed by atoms with Crippen molar-refractivity contribution in [3.8, 4) is 0 Å². The van der Waals surface area contributed by atoms with E-state index in [0.29, 0.717) is 37.5 Å². The highest BCUT2D eigenvalue weighted by Crippen LogP contribution is 2.24. The van der Waals surface area contributed by atoms with E-state index in [4.69, 9.17) is 4.52 Å². The first-order chi connectivity index (χ1) is 10.4. The molecule has 0 saturated carbocycles. The number of nitrogens with zero attached hydrogens (tertiary/aromatic N) is 3. The summed E-state index contributed by atoms with van der Waals surface area (Å²) in [6.07, 6.45) is 0.424. The van der Waals surface area contributed by atoms with Gasteiger partial charge in [0.05, 0.1) is 0 Å². The summed E-state index contributed by atoms with van der Waals surface area (Å²) in [5, 5.41) is 6.63. The zero-order chi connectivity index (χ0) is 16.3. The molecule has 1 saturated heterocycles. The van der Waals surface area contributed by atoms with Gasteiger partial charge in [-0.3, -0.25) is 4.79 Å². The van der Waals surface area contributed by atoms with E-state index in [0.717, 1.165) is 0 Å². The smallest absolute Gasteiger partial charge is 0.248 e. The van der Waals surface area contributed by atoms with Crippen LogP contribution in [0.15, 0.2) is 9.42 Å². The Morgan fingerprint density at radius 2 is 1.91 bits per heavy atom. The van der Waals surface area contributed by atoms with Crippen molar-refractivity contribution in [2.24, 2.45) is 0 Å². The molecule has 9 heteroatoms. The second-order valence-corrected chi connectivity index (χ2v) is 7.17. The van der Waals surface area contributed by atoms with Crippen LogP contribution in [0.25, 0.3) is 0 Å². The zero-order valence-corrected chi connectivity index (χ0v) is 13.9. The maximum atomic E-state index is 12.7. The molecule has 1 aromatic rings. The number of hydrogen-bond acceptors (Lipinski definition) is 6. The molecule has 0 spiro atoms. The van der Waals surface area contributed by atoms with Gasteiger partial charge in [-0.2, -0.15) is 4.31 Å². The van der Waals surface area contributed by atoms with E-state index in [1.54, 1.807) is 25.8 Å². The van der Waals surface area contributed by atoms with Crippen LogP contribution in [0.1, 0.15) is 17.9 Å². The van der Waals surface area contributed by atoms with Crippen LogP contribution in [0.3, 0.4) is 0 Å². The minimum atomic E-state index is -3.62. The first kappa shape index (κ1) is 16.9. The number of aryl methyl sites for hydroxylation is 2. The predicted molar refractivity (Wildman–Crippen MR) is 79.9 cm³/mol. The number of aromatic nitrogens is 1. The summed E-state index contributed by atoms with van der Waals surface area (Å²) in [7, 11) is -1.83. The van der Waals surface area contributed by atoms with Crippen LogP contribution in [0.5, 0.6) is 0 Å². The van der Waals surface area contributed by atoms with Crippen molar-refractivity contribution in [1.29, 1.82) is 0 Å². The third kappa shape index (κ3) is 3.31. The summed E-state index contributed by atoms with van der Waals surface area (Å²) in [6, 6.07) is 0. The lowest BCUT2D eigenvalue weighted by atomic mass is 10.3. The highest BCUT2D eigenvalue weighted by molar-refractivity contribution is 7.89. The molecule has 0 aliphatic carbocycles. The van der Waals surface area contributed by atoms with Gasteiger partial charge in [-0.05, 0) is 20.9 Å². The van der Waals surface area contributed by atoms with Crippen LogP contribution in [0.4, 0.5) is 0 Å². The van der Waals surface area contributed by atoms with Crippen LogP contribution >= 0.6 is 0 Å². The van der Waals surface area contributed by atoms with Crippen molar-refractivity contribution in [2.75, 3.05) is 39.8 Å². The van der Waals surface area contributed by atoms with Gasteiger partial charge in [0.2, 0.25) is 15.9 Å². The molecule has 0 atom stereocenters. The van der Waals surface area contributed by atoms with E-state index in [9.17, 15) is 13.2 Å². The van der Waals surface area contributed by atoms with E-state index >= 15 is 0 Å². The van der Waals surface area contributed by atoms with Crippen LogP contribution in [-0.4, -0.2) is 68.5 Å². The Bertz CT molecular complexity index is 613. The maximum absolute atomic E-state index is 12.7. The summed E-state index contributed by atoms with van der Waals surface area (Å²) in [6.45, 7) is 5.22. The molecule has 1 amide bonds. The van der Waals surface area contributed by atoms with E-state index in [-0.39, 0.29) is 23.9 Å². The summed E-state index contributed by atoms with van der Waals surface area (Å²) in [5.74, 6) is 0.341. The molecule has 0 radical (unpaired) electrons. The molecule has 22 heavy (non-hydrogen) atoms. The molecule has 124 valence electrons. The average molecular weight is 330 g/mol. The Morgan fingerprint density at radius 1 is 1.27 bits per heavy atom. The molecule has 1 N–H and O–H groups in total. The minimum Gasteiger partial charge on any atom is -0.360 e. The van der Waals surface area contributed by atoms with Crippen molar-refractivity contribution in [1.82, 2.24) is 19.7 Å². The van der Waals surface area contributed by atoms with Crippen LogP contribution in [-0.2, 0) is 14.8 Å². The van der Waals surface area contributed by atoms with E-state index in [2.05, 4.69) is 10.5 Å². The molecular formula is C13H22N4O4S. The van der Waals surface area contributed by atoms with Crippen molar-refractivity contribution in [3.05, 3.63) is 11.5 Å². The standard InChI is InChI=1S/C13H22N4O4S/c1-10-13(11(2)21-15-10)22(19,20)17-8-6-16(7-9-17)12(18)4-5-14-3/h14H,4-9H2,1-3H3. The molecule has 0 unspecified atom stereocenters. The van der Waals surface area contributed by atoms with Crippen molar-refractivity contribution in [2.45, 2.75) is 25.2 Å². The maximum Gasteiger partial charge on any atom is 0.248 e. The lowest BCUT2D eigenvalue weighted by Gasteiger charge is -2.34. The molecule has 2 heterocycles. The van der Waals surface area contributed by atoms with Crippen molar-refractivity contribution >= 4 is 15.9 Å². The second kappa shape index (κ2) is 6.76. The van der Waals surface area contributed by atoms with Crippen LogP contribution in [0, 0.1) is 13.8 Å².